The summed E-state index contributed by atoms with van der Waals surface area (Å²) < 4.78 is 13.5. The van der Waals surface area contributed by atoms with Crippen LogP contribution in [0.3, 0.4) is 0 Å². The summed E-state index contributed by atoms with van der Waals surface area (Å²) in [5.74, 6) is -4.62. The van der Waals surface area contributed by atoms with Gasteiger partial charge in [0.15, 0.2) is 0 Å². The van der Waals surface area contributed by atoms with Crippen molar-refractivity contribution in [3.8, 4) is 0 Å². The van der Waals surface area contributed by atoms with Crippen molar-refractivity contribution in [1.82, 2.24) is 0 Å². The van der Waals surface area contributed by atoms with E-state index in [1.165, 1.54) is 6.92 Å². The van der Waals surface area contributed by atoms with Crippen LogP contribution in [-0.2, 0) is 69.2 Å². The average molecular weight is 638 g/mol. The SMILES string of the molecule is COC(=O)C(C(=O)OC)=C([O-])c1ccc([N+](=O)[O-])cc1.[C-]#[N+]C(C(=O)OCCc1ccccc1)=C(C)[O-].[Cu].[Cu]. The molecule has 0 bridgehead atoms. The number of ether oxygens (including phenoxy) is 3. The Morgan fingerprint density at radius 3 is 1.82 bits per heavy atom. The maximum Gasteiger partial charge on any atom is 0.344 e. The van der Waals surface area contributed by atoms with E-state index in [1.807, 2.05) is 30.3 Å². The van der Waals surface area contributed by atoms with E-state index in [9.17, 15) is 34.7 Å². The van der Waals surface area contributed by atoms with E-state index in [-0.39, 0.29) is 52.0 Å². The van der Waals surface area contributed by atoms with Crippen molar-refractivity contribution in [3.63, 3.8) is 0 Å². The number of esters is 3. The quantitative estimate of drug-likeness (QED) is 0.0392. The predicted molar refractivity (Wildman–Crippen MR) is 124 cm³/mol. The molecule has 14 heteroatoms. The predicted octanol–water partition coefficient (Wildman–Crippen LogP) is 1.29. The minimum Gasteiger partial charge on any atom is -0.884 e. The molecule has 12 nitrogen and oxygen atoms in total. The standard InChI is InChI=1S/C13H13NO3.C12H11NO7.2Cu/c1-10(15)12(14-2)13(16)17-9-8-11-6-4-3-5-7-11;1-19-11(15)9(12(16)20-2)10(14)7-3-5-8(6-4-7)13(17)18;;/h3-7,15H,8-9H2,1H3;3-6,14H,1-2H3;;/p-2. The number of rotatable bonds is 8. The Labute approximate surface area is 245 Å². The Kier molecular flexibility index (Phi) is 18.0. The van der Waals surface area contributed by atoms with Crippen LogP contribution in [0.2, 0.25) is 0 Å². The van der Waals surface area contributed by atoms with Crippen molar-refractivity contribution in [2.45, 2.75) is 13.3 Å². The molecule has 39 heavy (non-hydrogen) atoms. The minimum absolute atomic E-state index is 0. The molecule has 0 saturated heterocycles. The van der Waals surface area contributed by atoms with Gasteiger partial charge >= 0.3 is 17.9 Å². The Bertz CT molecular complexity index is 1220. The van der Waals surface area contributed by atoms with Crippen LogP contribution >= 0.6 is 0 Å². The second-order valence-corrected chi connectivity index (χ2v) is 6.88. The van der Waals surface area contributed by atoms with Crippen LogP contribution in [0.5, 0.6) is 0 Å². The van der Waals surface area contributed by atoms with Crippen LogP contribution in [0.4, 0.5) is 5.69 Å². The van der Waals surface area contributed by atoms with Gasteiger partial charge in [-0.2, -0.15) is 0 Å². The summed E-state index contributed by atoms with van der Waals surface area (Å²) in [5, 5.41) is 33.4. The number of hydrogen-bond donors (Lipinski definition) is 0. The van der Waals surface area contributed by atoms with E-state index >= 15 is 0 Å². The normalized spacial score (nSPS) is 9.79. The Balaban J connectivity index is 0. The smallest absolute Gasteiger partial charge is 0.344 e. The number of hydrogen-bond acceptors (Lipinski definition) is 10. The second-order valence-electron chi connectivity index (χ2n) is 6.88. The van der Waals surface area contributed by atoms with Gasteiger partial charge in [0.1, 0.15) is 5.57 Å². The number of benzene rings is 2. The fourth-order valence-corrected chi connectivity index (χ4v) is 2.59. The topological polar surface area (TPSA) is 173 Å². The first-order valence-electron chi connectivity index (χ1n) is 10.4. The van der Waals surface area contributed by atoms with Crippen LogP contribution in [0, 0.1) is 16.7 Å². The third-order valence-corrected chi connectivity index (χ3v) is 4.45. The molecule has 2 rings (SSSR count). The van der Waals surface area contributed by atoms with Crippen molar-refractivity contribution in [3.05, 3.63) is 104 Å². The van der Waals surface area contributed by atoms with Gasteiger partial charge in [-0.05, 0) is 23.3 Å². The van der Waals surface area contributed by atoms with Crippen LogP contribution in [0.1, 0.15) is 18.1 Å². The maximum atomic E-state index is 12.0. The molecule has 0 heterocycles. The Morgan fingerprint density at radius 2 is 1.41 bits per heavy atom. The third-order valence-electron chi connectivity index (χ3n) is 4.45. The van der Waals surface area contributed by atoms with Crippen LogP contribution in [0.15, 0.2) is 71.6 Å². The zero-order valence-electron chi connectivity index (χ0n) is 20.7. The summed E-state index contributed by atoms with van der Waals surface area (Å²) >= 11 is 0. The number of carbonyl (C=O) groups is 3. The van der Waals surface area contributed by atoms with E-state index in [0.717, 1.165) is 44.0 Å². The first kappa shape index (κ1) is 37.0. The van der Waals surface area contributed by atoms with E-state index < -0.39 is 45.6 Å². The molecule has 0 amide bonds. The van der Waals surface area contributed by atoms with Crippen molar-refractivity contribution < 1.29 is 77.9 Å². The summed E-state index contributed by atoms with van der Waals surface area (Å²) in [4.78, 5) is 46.8. The van der Waals surface area contributed by atoms with E-state index in [0.29, 0.717) is 6.42 Å². The number of carbonyl (C=O) groups excluding carboxylic acids is 3. The molecule has 2 aromatic carbocycles. The van der Waals surface area contributed by atoms with Crippen LogP contribution < -0.4 is 10.2 Å². The molecular weight excluding hydrogens is 615 g/mol. The summed E-state index contributed by atoms with van der Waals surface area (Å²) in [6.45, 7) is 8.02. The summed E-state index contributed by atoms with van der Waals surface area (Å²) in [6, 6.07) is 13.9. The molecule has 0 N–H and O–H groups in total. The molecule has 0 atom stereocenters. The molecule has 0 spiro atoms. The number of allylic oxidation sites excluding steroid dienone is 1. The molecule has 216 valence electrons. The third kappa shape index (κ3) is 11.8. The summed E-state index contributed by atoms with van der Waals surface area (Å²) in [6.07, 6.45) is 0.565. The molecule has 0 saturated carbocycles. The fraction of sp³-hybridized carbons (Fsp3) is 0.200. The molecule has 0 aliphatic carbocycles. The number of nitro benzene ring substituents is 1. The molecule has 2 aromatic rings. The minimum atomic E-state index is -1.14. The van der Waals surface area contributed by atoms with Crippen molar-refractivity contribution in [1.29, 1.82) is 0 Å². The molecule has 0 aliphatic rings. The van der Waals surface area contributed by atoms with Gasteiger partial charge in [-0.3, -0.25) is 14.9 Å². The zero-order valence-corrected chi connectivity index (χ0v) is 22.6. The molecule has 0 fully saturated rings. The van der Waals surface area contributed by atoms with Crippen molar-refractivity contribution in [2.24, 2.45) is 0 Å². The summed E-state index contributed by atoms with van der Waals surface area (Å²) in [5.41, 5.74) is -0.532. The van der Waals surface area contributed by atoms with Gasteiger partial charge in [0.25, 0.3) is 11.4 Å². The first-order valence-corrected chi connectivity index (χ1v) is 10.4. The number of methoxy groups -OCH3 is 2. The van der Waals surface area contributed by atoms with Crippen molar-refractivity contribution in [2.75, 3.05) is 20.8 Å². The van der Waals surface area contributed by atoms with Gasteiger partial charge in [0.05, 0.1) is 32.3 Å². The van der Waals surface area contributed by atoms with Gasteiger partial charge < -0.3 is 24.4 Å². The fourth-order valence-electron chi connectivity index (χ4n) is 2.59. The Hall–Kier alpha value is -4.14. The molecular formula is C25H22Cu2N2O10-2. The number of non-ortho nitro benzene ring substituents is 1. The van der Waals surface area contributed by atoms with Crippen molar-refractivity contribution >= 4 is 29.4 Å². The largest absolute Gasteiger partial charge is 0.884 e. The van der Waals surface area contributed by atoms with Gasteiger partial charge in [0, 0.05) is 52.7 Å². The Morgan fingerprint density at radius 1 is 0.897 bits per heavy atom. The van der Waals surface area contributed by atoms with E-state index in [2.05, 4.69) is 14.3 Å². The van der Waals surface area contributed by atoms with Gasteiger partial charge in [0.2, 0.25) is 0 Å². The first-order chi connectivity index (χ1) is 17.6. The molecule has 2 radical (unpaired) electrons. The monoisotopic (exact) mass is 636 g/mol. The second kappa shape index (κ2) is 19.0. The number of nitro groups is 1. The maximum absolute atomic E-state index is 12.0. The van der Waals surface area contributed by atoms with Gasteiger partial charge in [-0.25, -0.2) is 14.4 Å². The molecule has 0 aromatic heterocycles. The zero-order chi connectivity index (χ0) is 28.0. The summed E-state index contributed by atoms with van der Waals surface area (Å²) in [7, 11) is 2.02. The average Bonchev–Trinajstić information content (AvgIpc) is 2.89. The van der Waals surface area contributed by atoms with E-state index in [1.54, 1.807) is 0 Å². The van der Waals surface area contributed by atoms with Crippen LogP contribution in [-0.4, -0.2) is 43.7 Å². The molecule has 0 aliphatic heterocycles. The van der Waals surface area contributed by atoms with E-state index in [4.69, 9.17) is 11.3 Å². The van der Waals surface area contributed by atoms with Gasteiger partial charge in [-0.1, -0.05) is 43.0 Å². The number of nitrogens with zero attached hydrogens (tertiary/aromatic N) is 2. The van der Waals surface area contributed by atoms with Gasteiger partial charge in [-0.15, -0.1) is 5.76 Å². The molecule has 0 unspecified atom stereocenters. The van der Waals surface area contributed by atoms with Crippen LogP contribution in [0.25, 0.3) is 10.6 Å².